The highest BCUT2D eigenvalue weighted by atomic mass is 16.7. The fraction of sp³-hybridized carbons (Fsp3) is 0.381. The Balaban J connectivity index is 1.58. The summed E-state index contributed by atoms with van der Waals surface area (Å²) < 4.78 is 10.7. The van der Waals surface area contributed by atoms with Crippen LogP contribution in [0, 0.1) is 0 Å². The van der Waals surface area contributed by atoms with E-state index in [0.29, 0.717) is 12.5 Å². The van der Waals surface area contributed by atoms with Gasteiger partial charge in [0.2, 0.25) is 12.7 Å². The number of likely N-dealkylation sites (N-methyl/N-ethyl adjacent to an activating group) is 1. The summed E-state index contributed by atoms with van der Waals surface area (Å²) in [6.45, 7) is 7.13. The minimum Gasteiger partial charge on any atom is -0.454 e. The van der Waals surface area contributed by atoms with Crippen molar-refractivity contribution in [3.63, 3.8) is 0 Å². The third-order valence-electron chi connectivity index (χ3n) is 4.75. The van der Waals surface area contributed by atoms with E-state index in [1.54, 1.807) is 0 Å². The molecule has 3 rings (SSSR count). The van der Waals surface area contributed by atoms with Crippen molar-refractivity contribution in [3.8, 4) is 11.5 Å². The van der Waals surface area contributed by atoms with E-state index >= 15 is 0 Å². The van der Waals surface area contributed by atoms with Crippen LogP contribution < -0.4 is 14.8 Å². The van der Waals surface area contributed by atoms with Crippen LogP contribution >= 0.6 is 0 Å². The van der Waals surface area contributed by atoms with Crippen LogP contribution in [-0.2, 0) is 11.3 Å². The van der Waals surface area contributed by atoms with E-state index in [1.807, 2.05) is 49.2 Å². The third-order valence-corrected chi connectivity index (χ3v) is 4.75. The van der Waals surface area contributed by atoms with Crippen LogP contribution in [0.3, 0.4) is 0 Å². The van der Waals surface area contributed by atoms with Gasteiger partial charge in [0.05, 0.1) is 6.04 Å². The summed E-state index contributed by atoms with van der Waals surface area (Å²) in [5.41, 5.74) is 3.16. The number of benzene rings is 2. The molecule has 2 aromatic rings. The number of carbonyl (C=O) groups is 1. The van der Waals surface area contributed by atoms with Gasteiger partial charge < -0.3 is 14.8 Å². The first-order chi connectivity index (χ1) is 12.4. The maximum atomic E-state index is 12.6. The van der Waals surface area contributed by atoms with Gasteiger partial charge in [0, 0.05) is 12.2 Å². The molecule has 138 valence electrons. The number of nitrogens with zero attached hydrogens (tertiary/aromatic N) is 1. The lowest BCUT2D eigenvalue weighted by Crippen LogP contribution is -2.39. The second-order valence-corrected chi connectivity index (χ2v) is 7.04. The molecule has 0 saturated carbocycles. The average Bonchev–Trinajstić information content (AvgIpc) is 3.09. The predicted molar refractivity (Wildman–Crippen MR) is 103 cm³/mol. The molecule has 2 aromatic carbocycles. The van der Waals surface area contributed by atoms with E-state index in [9.17, 15) is 4.79 Å². The number of anilines is 1. The summed E-state index contributed by atoms with van der Waals surface area (Å²) in [5.74, 6) is 1.99. The van der Waals surface area contributed by atoms with Crippen molar-refractivity contribution in [2.45, 2.75) is 39.3 Å². The summed E-state index contributed by atoms with van der Waals surface area (Å²) in [4.78, 5) is 14.6. The minimum atomic E-state index is -0.259. The SMILES string of the molecule is CC(C)c1ccc(NC(=O)[C@@H](C)N(C)Cc2ccc3c(c2)OCO3)cc1. The lowest BCUT2D eigenvalue weighted by atomic mass is 10.0. The highest BCUT2D eigenvalue weighted by Crippen LogP contribution is 2.32. The number of ether oxygens (including phenoxy) is 2. The van der Waals surface area contributed by atoms with Crippen LogP contribution in [0.2, 0.25) is 0 Å². The van der Waals surface area contributed by atoms with Crippen molar-refractivity contribution in [1.82, 2.24) is 4.90 Å². The van der Waals surface area contributed by atoms with Crippen LogP contribution in [0.5, 0.6) is 11.5 Å². The van der Waals surface area contributed by atoms with Gasteiger partial charge in [-0.1, -0.05) is 32.0 Å². The molecule has 1 heterocycles. The smallest absolute Gasteiger partial charge is 0.241 e. The zero-order chi connectivity index (χ0) is 18.7. The fourth-order valence-corrected chi connectivity index (χ4v) is 2.86. The minimum absolute atomic E-state index is 0.0226. The number of rotatable bonds is 6. The van der Waals surface area contributed by atoms with Gasteiger partial charge >= 0.3 is 0 Å². The molecular weight excluding hydrogens is 328 g/mol. The van der Waals surface area contributed by atoms with Crippen molar-refractivity contribution in [1.29, 1.82) is 0 Å². The summed E-state index contributed by atoms with van der Waals surface area (Å²) in [5, 5.41) is 2.99. The first kappa shape index (κ1) is 18.3. The number of nitrogens with one attached hydrogen (secondary N) is 1. The molecule has 1 amide bonds. The Labute approximate surface area is 154 Å². The second kappa shape index (κ2) is 7.79. The summed E-state index contributed by atoms with van der Waals surface area (Å²) in [6, 6.07) is 13.6. The Bertz CT molecular complexity index is 771. The Morgan fingerprint density at radius 2 is 1.77 bits per heavy atom. The molecule has 5 nitrogen and oxygen atoms in total. The molecule has 0 unspecified atom stereocenters. The maximum absolute atomic E-state index is 12.6. The molecule has 1 aliphatic heterocycles. The Morgan fingerprint density at radius 3 is 2.46 bits per heavy atom. The molecule has 0 radical (unpaired) electrons. The zero-order valence-electron chi connectivity index (χ0n) is 15.8. The quantitative estimate of drug-likeness (QED) is 0.852. The molecule has 0 fully saturated rings. The Hall–Kier alpha value is -2.53. The van der Waals surface area contributed by atoms with E-state index < -0.39 is 0 Å². The Kier molecular flexibility index (Phi) is 5.47. The van der Waals surface area contributed by atoms with Crippen LogP contribution in [0.1, 0.15) is 37.8 Å². The molecule has 1 N–H and O–H groups in total. The van der Waals surface area contributed by atoms with Gasteiger partial charge in [-0.25, -0.2) is 0 Å². The van der Waals surface area contributed by atoms with Gasteiger partial charge in [0.15, 0.2) is 11.5 Å². The number of carbonyl (C=O) groups excluding carboxylic acids is 1. The first-order valence-electron chi connectivity index (χ1n) is 8.93. The largest absolute Gasteiger partial charge is 0.454 e. The van der Waals surface area contributed by atoms with Gasteiger partial charge in [-0.15, -0.1) is 0 Å². The second-order valence-electron chi connectivity index (χ2n) is 7.04. The highest BCUT2D eigenvalue weighted by Gasteiger charge is 2.20. The molecule has 0 saturated heterocycles. The molecule has 0 aliphatic carbocycles. The van der Waals surface area contributed by atoms with Gasteiger partial charge in [0.25, 0.3) is 0 Å². The lowest BCUT2D eigenvalue weighted by Gasteiger charge is -2.24. The van der Waals surface area contributed by atoms with Crippen LogP contribution in [0.25, 0.3) is 0 Å². The molecule has 5 heteroatoms. The van der Waals surface area contributed by atoms with Crippen molar-refractivity contribution in [2.75, 3.05) is 19.2 Å². The molecule has 1 aliphatic rings. The topological polar surface area (TPSA) is 50.8 Å². The third kappa shape index (κ3) is 4.17. The lowest BCUT2D eigenvalue weighted by molar-refractivity contribution is -0.120. The van der Waals surface area contributed by atoms with E-state index in [-0.39, 0.29) is 18.7 Å². The van der Waals surface area contributed by atoms with E-state index in [1.165, 1.54) is 5.56 Å². The highest BCUT2D eigenvalue weighted by molar-refractivity contribution is 5.94. The number of fused-ring (bicyclic) bond motifs is 1. The monoisotopic (exact) mass is 354 g/mol. The van der Waals surface area contributed by atoms with Crippen molar-refractivity contribution >= 4 is 11.6 Å². The van der Waals surface area contributed by atoms with Crippen LogP contribution in [0.4, 0.5) is 5.69 Å². The van der Waals surface area contributed by atoms with E-state index in [4.69, 9.17) is 9.47 Å². The molecule has 26 heavy (non-hydrogen) atoms. The maximum Gasteiger partial charge on any atom is 0.241 e. The molecule has 0 aromatic heterocycles. The predicted octanol–water partition coefficient (Wildman–Crippen LogP) is 4.00. The summed E-state index contributed by atoms with van der Waals surface area (Å²) in [7, 11) is 1.94. The standard InChI is InChI=1S/C21H26N2O3/c1-14(2)17-6-8-18(9-7-17)22-21(24)15(3)23(4)12-16-5-10-19-20(11-16)26-13-25-19/h5-11,14-15H,12-13H2,1-4H3,(H,22,24)/t15-/m1/s1. The normalized spacial score (nSPS) is 13.9. The van der Waals surface area contributed by atoms with Crippen molar-refractivity contribution < 1.29 is 14.3 Å². The van der Waals surface area contributed by atoms with Crippen LogP contribution in [-0.4, -0.2) is 30.7 Å². The first-order valence-corrected chi connectivity index (χ1v) is 8.93. The zero-order valence-corrected chi connectivity index (χ0v) is 15.8. The summed E-state index contributed by atoms with van der Waals surface area (Å²) >= 11 is 0. The van der Waals surface area contributed by atoms with E-state index in [2.05, 4.69) is 31.3 Å². The van der Waals surface area contributed by atoms with Crippen molar-refractivity contribution in [3.05, 3.63) is 53.6 Å². The average molecular weight is 354 g/mol. The van der Waals surface area contributed by atoms with Gasteiger partial charge in [-0.2, -0.15) is 0 Å². The molecule has 0 bridgehead atoms. The number of hydrogen-bond donors (Lipinski definition) is 1. The molecule has 1 atom stereocenters. The number of amides is 1. The van der Waals surface area contributed by atoms with Crippen LogP contribution in [0.15, 0.2) is 42.5 Å². The Morgan fingerprint density at radius 1 is 1.08 bits per heavy atom. The molecule has 0 spiro atoms. The van der Waals surface area contributed by atoms with Gasteiger partial charge in [-0.05, 0) is 55.3 Å². The fourth-order valence-electron chi connectivity index (χ4n) is 2.86. The van der Waals surface area contributed by atoms with Gasteiger partial charge in [0.1, 0.15) is 0 Å². The van der Waals surface area contributed by atoms with E-state index in [0.717, 1.165) is 22.7 Å². The van der Waals surface area contributed by atoms with Gasteiger partial charge in [-0.3, -0.25) is 9.69 Å². The number of hydrogen-bond acceptors (Lipinski definition) is 4. The molecular formula is C21H26N2O3. The van der Waals surface area contributed by atoms with Crippen molar-refractivity contribution in [2.24, 2.45) is 0 Å². The summed E-state index contributed by atoms with van der Waals surface area (Å²) in [6.07, 6.45) is 0.